The van der Waals surface area contributed by atoms with Gasteiger partial charge in [0, 0.05) is 23.9 Å². The van der Waals surface area contributed by atoms with Crippen molar-refractivity contribution in [1.29, 1.82) is 0 Å². The van der Waals surface area contributed by atoms with Gasteiger partial charge in [0.25, 0.3) is 0 Å². The van der Waals surface area contributed by atoms with Gasteiger partial charge in [-0.05, 0) is 74.3 Å². The van der Waals surface area contributed by atoms with E-state index in [0.717, 1.165) is 30.4 Å². The molecule has 2 aliphatic heterocycles. The summed E-state index contributed by atoms with van der Waals surface area (Å²) in [6, 6.07) is 23.6. The molecular weight excluding hydrogens is 410 g/mol. The summed E-state index contributed by atoms with van der Waals surface area (Å²) in [6.45, 7) is 6.95. The molecule has 0 amide bonds. The Morgan fingerprint density at radius 3 is 2.45 bits per heavy atom. The average Bonchev–Trinajstić information content (AvgIpc) is 3.37. The first-order chi connectivity index (χ1) is 16.2. The van der Waals surface area contributed by atoms with Gasteiger partial charge in [0.15, 0.2) is 0 Å². The van der Waals surface area contributed by atoms with Crippen LogP contribution in [0.1, 0.15) is 46.9 Å². The second-order valence-electron chi connectivity index (χ2n) is 9.18. The molecule has 5 rings (SSSR count). The molecule has 0 aromatic heterocycles. The largest absolute Gasteiger partial charge is 0.497 e. The zero-order valence-corrected chi connectivity index (χ0v) is 19.6. The predicted octanol–water partition coefficient (Wildman–Crippen LogP) is 5.79. The Kier molecular flexibility index (Phi) is 6.54. The van der Waals surface area contributed by atoms with E-state index in [1.807, 2.05) is 12.1 Å². The average molecular weight is 444 g/mol. The first-order valence-corrected chi connectivity index (χ1v) is 12.0. The van der Waals surface area contributed by atoms with Crippen molar-refractivity contribution in [2.75, 3.05) is 40.0 Å². The lowest BCUT2D eigenvalue weighted by atomic mass is 9.75. The molecule has 2 aliphatic rings. The second-order valence-corrected chi connectivity index (χ2v) is 9.18. The lowest BCUT2D eigenvalue weighted by Crippen LogP contribution is -2.25. The van der Waals surface area contributed by atoms with Crippen LogP contribution >= 0.6 is 0 Å². The Morgan fingerprint density at radius 1 is 0.909 bits per heavy atom. The second kappa shape index (κ2) is 9.88. The van der Waals surface area contributed by atoms with Gasteiger partial charge in [0.1, 0.15) is 23.9 Å². The SMILES string of the molecule is COc1ccc2c(c1)C(c1ccc(OCCN3CCCC3)cc1)C(c1cccc(C)c1)CO2. The molecule has 3 aromatic rings. The zero-order chi connectivity index (χ0) is 22.6. The van der Waals surface area contributed by atoms with Crippen LogP contribution in [0.3, 0.4) is 0 Å². The van der Waals surface area contributed by atoms with Crippen LogP contribution in [-0.2, 0) is 0 Å². The van der Waals surface area contributed by atoms with Crippen LogP contribution in [0.2, 0.25) is 0 Å². The molecule has 172 valence electrons. The highest BCUT2D eigenvalue weighted by molar-refractivity contribution is 5.51. The lowest BCUT2D eigenvalue weighted by Gasteiger charge is -2.35. The van der Waals surface area contributed by atoms with E-state index in [1.165, 1.54) is 48.2 Å². The molecule has 0 radical (unpaired) electrons. The van der Waals surface area contributed by atoms with Crippen LogP contribution in [0, 0.1) is 6.92 Å². The number of hydrogen-bond donors (Lipinski definition) is 0. The van der Waals surface area contributed by atoms with E-state index in [2.05, 4.69) is 66.4 Å². The van der Waals surface area contributed by atoms with Crippen molar-refractivity contribution in [2.45, 2.75) is 31.6 Å². The number of fused-ring (bicyclic) bond motifs is 1. The Balaban J connectivity index is 1.42. The van der Waals surface area contributed by atoms with Gasteiger partial charge in [-0.15, -0.1) is 0 Å². The van der Waals surface area contributed by atoms with Crippen LogP contribution in [-0.4, -0.2) is 44.9 Å². The van der Waals surface area contributed by atoms with E-state index in [4.69, 9.17) is 14.2 Å². The van der Waals surface area contributed by atoms with Gasteiger partial charge in [0.2, 0.25) is 0 Å². The van der Waals surface area contributed by atoms with Gasteiger partial charge in [0.05, 0.1) is 13.7 Å². The van der Waals surface area contributed by atoms with Crippen molar-refractivity contribution in [1.82, 2.24) is 4.90 Å². The number of methoxy groups -OCH3 is 1. The molecule has 0 spiro atoms. The van der Waals surface area contributed by atoms with Crippen LogP contribution in [0.4, 0.5) is 0 Å². The molecule has 3 aromatic carbocycles. The molecule has 2 atom stereocenters. The summed E-state index contributed by atoms with van der Waals surface area (Å²) < 4.78 is 17.8. The highest BCUT2D eigenvalue weighted by Crippen LogP contribution is 2.47. The molecule has 0 bridgehead atoms. The number of nitrogens with zero attached hydrogens (tertiary/aromatic N) is 1. The van der Waals surface area contributed by atoms with Crippen LogP contribution in [0.5, 0.6) is 17.2 Å². The number of rotatable bonds is 7. The van der Waals surface area contributed by atoms with Gasteiger partial charge in [-0.2, -0.15) is 0 Å². The predicted molar refractivity (Wildman–Crippen MR) is 132 cm³/mol. The van der Waals surface area contributed by atoms with Crippen molar-refractivity contribution >= 4 is 0 Å². The van der Waals surface area contributed by atoms with Crippen molar-refractivity contribution in [2.24, 2.45) is 0 Å². The number of benzene rings is 3. The molecule has 33 heavy (non-hydrogen) atoms. The molecule has 0 aliphatic carbocycles. The number of hydrogen-bond acceptors (Lipinski definition) is 4. The maximum Gasteiger partial charge on any atom is 0.123 e. The van der Waals surface area contributed by atoms with Gasteiger partial charge < -0.3 is 14.2 Å². The van der Waals surface area contributed by atoms with Gasteiger partial charge in [-0.3, -0.25) is 4.90 Å². The molecule has 1 fully saturated rings. The van der Waals surface area contributed by atoms with Gasteiger partial charge in [-0.1, -0.05) is 42.0 Å². The lowest BCUT2D eigenvalue weighted by molar-refractivity contribution is 0.237. The van der Waals surface area contributed by atoms with Gasteiger partial charge >= 0.3 is 0 Å². The third kappa shape index (κ3) is 4.86. The van der Waals surface area contributed by atoms with Crippen LogP contribution in [0.25, 0.3) is 0 Å². The van der Waals surface area contributed by atoms with E-state index in [-0.39, 0.29) is 11.8 Å². The molecule has 2 heterocycles. The number of ether oxygens (including phenoxy) is 3. The van der Waals surface area contributed by atoms with E-state index < -0.39 is 0 Å². The Bertz CT molecular complexity index is 1070. The quantitative estimate of drug-likeness (QED) is 0.463. The topological polar surface area (TPSA) is 30.9 Å². The van der Waals surface area contributed by atoms with Crippen LogP contribution < -0.4 is 14.2 Å². The maximum atomic E-state index is 6.22. The van der Waals surface area contributed by atoms with E-state index in [0.29, 0.717) is 6.61 Å². The fourth-order valence-electron chi connectivity index (χ4n) is 5.19. The summed E-state index contributed by atoms with van der Waals surface area (Å²) in [6.07, 6.45) is 2.63. The van der Waals surface area contributed by atoms with Crippen molar-refractivity contribution in [3.63, 3.8) is 0 Å². The Labute approximate surface area is 197 Å². The van der Waals surface area contributed by atoms with Crippen molar-refractivity contribution < 1.29 is 14.2 Å². The Hall–Kier alpha value is -2.98. The monoisotopic (exact) mass is 443 g/mol. The summed E-state index contributed by atoms with van der Waals surface area (Å²) in [5.74, 6) is 3.14. The molecule has 0 N–H and O–H groups in total. The summed E-state index contributed by atoms with van der Waals surface area (Å²) in [5, 5.41) is 0. The number of likely N-dealkylation sites (tertiary alicyclic amines) is 1. The summed E-state index contributed by atoms with van der Waals surface area (Å²) in [5.41, 5.74) is 5.02. The normalized spacial score (nSPS) is 20.2. The fraction of sp³-hybridized carbons (Fsp3) is 0.379. The third-order valence-electron chi connectivity index (χ3n) is 6.96. The first-order valence-electron chi connectivity index (χ1n) is 12.0. The minimum Gasteiger partial charge on any atom is -0.497 e. The zero-order valence-electron chi connectivity index (χ0n) is 19.6. The fourth-order valence-corrected chi connectivity index (χ4v) is 5.19. The van der Waals surface area contributed by atoms with E-state index >= 15 is 0 Å². The molecular formula is C29H33NO3. The summed E-state index contributed by atoms with van der Waals surface area (Å²) >= 11 is 0. The van der Waals surface area contributed by atoms with Gasteiger partial charge in [-0.25, -0.2) is 0 Å². The van der Waals surface area contributed by atoms with Crippen molar-refractivity contribution in [3.05, 3.63) is 89.0 Å². The summed E-state index contributed by atoms with van der Waals surface area (Å²) in [7, 11) is 1.72. The molecule has 4 nitrogen and oxygen atoms in total. The standard InChI is InChI=1S/C29H33NO3/c1-21-6-5-7-23(18-21)27-20-33-28-13-12-25(31-2)19-26(28)29(27)22-8-10-24(11-9-22)32-17-16-30-14-3-4-15-30/h5-13,18-19,27,29H,3-4,14-17,20H2,1-2H3. The van der Waals surface area contributed by atoms with E-state index in [1.54, 1.807) is 7.11 Å². The van der Waals surface area contributed by atoms with Crippen LogP contribution in [0.15, 0.2) is 66.7 Å². The highest BCUT2D eigenvalue weighted by atomic mass is 16.5. The van der Waals surface area contributed by atoms with Crippen molar-refractivity contribution in [3.8, 4) is 17.2 Å². The molecule has 1 saturated heterocycles. The molecule has 0 saturated carbocycles. The molecule has 2 unspecified atom stereocenters. The smallest absolute Gasteiger partial charge is 0.123 e. The first kappa shape index (κ1) is 21.8. The minimum atomic E-state index is 0.185. The summed E-state index contributed by atoms with van der Waals surface area (Å²) in [4.78, 5) is 2.48. The minimum absolute atomic E-state index is 0.185. The van der Waals surface area contributed by atoms with E-state index in [9.17, 15) is 0 Å². The Morgan fingerprint density at radius 2 is 1.70 bits per heavy atom. The number of aryl methyl sites for hydroxylation is 1. The molecule has 4 heteroatoms. The maximum absolute atomic E-state index is 6.22. The highest BCUT2D eigenvalue weighted by Gasteiger charge is 2.34. The third-order valence-corrected chi connectivity index (χ3v) is 6.96.